The SMILES string of the molecule is Cc1ccc2c(c1)[C@@H]1C=CC[C@H]1[C@@H](c1ccc(N=Cc3ccc(OCc4ccc([N+](=O)[O-])cc4)c(Cl)c3)cc1)N2. The number of fused-ring (bicyclic) bond motifs is 3. The molecule has 4 aromatic carbocycles. The van der Waals surface area contributed by atoms with Crippen LogP contribution in [0.5, 0.6) is 5.75 Å². The van der Waals surface area contributed by atoms with Gasteiger partial charge in [-0.05, 0) is 90.0 Å². The van der Waals surface area contributed by atoms with E-state index in [1.807, 2.05) is 12.1 Å². The van der Waals surface area contributed by atoms with Gasteiger partial charge in [-0.25, -0.2) is 0 Å². The first kappa shape index (κ1) is 25.8. The molecule has 7 heteroatoms. The van der Waals surface area contributed by atoms with Crippen molar-refractivity contribution in [1.29, 1.82) is 0 Å². The number of ether oxygens (including phenoxy) is 1. The number of hydrogen-bond acceptors (Lipinski definition) is 5. The van der Waals surface area contributed by atoms with E-state index >= 15 is 0 Å². The minimum atomic E-state index is -0.424. The number of nitro benzene ring substituents is 1. The van der Waals surface area contributed by atoms with Gasteiger partial charge in [0, 0.05) is 30.0 Å². The average molecular weight is 550 g/mol. The summed E-state index contributed by atoms with van der Waals surface area (Å²) in [6, 6.07) is 27.2. The first-order chi connectivity index (χ1) is 19.4. The zero-order valence-electron chi connectivity index (χ0n) is 22.0. The molecular weight excluding hydrogens is 522 g/mol. The largest absolute Gasteiger partial charge is 0.487 e. The summed E-state index contributed by atoms with van der Waals surface area (Å²) in [4.78, 5) is 15.0. The lowest BCUT2D eigenvalue weighted by molar-refractivity contribution is -0.384. The molecule has 0 radical (unpaired) electrons. The van der Waals surface area contributed by atoms with Crippen molar-refractivity contribution in [3.8, 4) is 5.75 Å². The Morgan fingerprint density at radius 3 is 2.60 bits per heavy atom. The highest BCUT2D eigenvalue weighted by molar-refractivity contribution is 6.32. The molecular formula is C33H28ClN3O3. The fraction of sp³-hybridized carbons (Fsp3) is 0.182. The van der Waals surface area contributed by atoms with Gasteiger partial charge in [-0.1, -0.05) is 53.6 Å². The number of non-ortho nitro benzene ring substituents is 1. The van der Waals surface area contributed by atoms with Gasteiger partial charge in [0.15, 0.2) is 0 Å². The Kier molecular flexibility index (Phi) is 7.10. The summed E-state index contributed by atoms with van der Waals surface area (Å²) in [6.45, 7) is 2.41. The molecule has 6 nitrogen and oxygen atoms in total. The third kappa shape index (κ3) is 5.36. The van der Waals surface area contributed by atoms with Crippen LogP contribution in [0.1, 0.15) is 46.2 Å². The summed E-state index contributed by atoms with van der Waals surface area (Å²) in [6.07, 6.45) is 7.54. The monoisotopic (exact) mass is 549 g/mol. The predicted molar refractivity (Wildman–Crippen MR) is 160 cm³/mol. The maximum atomic E-state index is 10.8. The summed E-state index contributed by atoms with van der Waals surface area (Å²) in [7, 11) is 0. The quantitative estimate of drug-likeness (QED) is 0.108. The first-order valence-electron chi connectivity index (χ1n) is 13.3. The number of benzene rings is 4. The van der Waals surface area contributed by atoms with Crippen molar-refractivity contribution in [3.63, 3.8) is 0 Å². The normalized spacial score (nSPS) is 19.2. The van der Waals surface area contributed by atoms with Crippen molar-refractivity contribution in [3.05, 3.63) is 140 Å². The predicted octanol–water partition coefficient (Wildman–Crippen LogP) is 8.71. The lowest BCUT2D eigenvalue weighted by Gasteiger charge is -2.37. The summed E-state index contributed by atoms with van der Waals surface area (Å²) in [5.41, 5.74) is 7.78. The fourth-order valence-corrected chi connectivity index (χ4v) is 5.79. The second-order valence-electron chi connectivity index (χ2n) is 10.3. The smallest absolute Gasteiger partial charge is 0.269 e. The van der Waals surface area contributed by atoms with Crippen LogP contribution in [0.15, 0.2) is 102 Å². The lowest BCUT2D eigenvalue weighted by atomic mass is 9.76. The summed E-state index contributed by atoms with van der Waals surface area (Å²) in [5, 5.41) is 15.1. The molecule has 0 amide bonds. The molecule has 1 aliphatic heterocycles. The van der Waals surface area contributed by atoms with Crippen LogP contribution < -0.4 is 10.1 Å². The Balaban J connectivity index is 1.10. The van der Waals surface area contributed by atoms with Crippen molar-refractivity contribution in [2.45, 2.75) is 31.9 Å². The Morgan fingerprint density at radius 2 is 1.85 bits per heavy atom. The molecule has 3 atom stereocenters. The Labute approximate surface area is 238 Å². The maximum absolute atomic E-state index is 10.8. The Hall–Kier alpha value is -4.42. The van der Waals surface area contributed by atoms with Crippen LogP contribution in [0, 0.1) is 23.0 Å². The number of halogens is 1. The molecule has 0 spiro atoms. The van der Waals surface area contributed by atoms with Crippen LogP contribution in [0.4, 0.5) is 17.1 Å². The molecule has 6 rings (SSSR count). The molecule has 4 aromatic rings. The topological polar surface area (TPSA) is 76.8 Å². The molecule has 0 saturated carbocycles. The van der Waals surface area contributed by atoms with Crippen molar-refractivity contribution >= 4 is 34.9 Å². The van der Waals surface area contributed by atoms with Crippen LogP contribution in [0.25, 0.3) is 0 Å². The van der Waals surface area contributed by atoms with E-state index in [1.54, 1.807) is 24.4 Å². The van der Waals surface area contributed by atoms with E-state index in [0.29, 0.717) is 22.6 Å². The van der Waals surface area contributed by atoms with E-state index in [2.05, 4.69) is 71.8 Å². The van der Waals surface area contributed by atoms with Gasteiger partial charge in [0.1, 0.15) is 12.4 Å². The minimum absolute atomic E-state index is 0.0475. The van der Waals surface area contributed by atoms with E-state index in [-0.39, 0.29) is 18.3 Å². The van der Waals surface area contributed by atoms with Crippen molar-refractivity contribution in [2.24, 2.45) is 10.9 Å². The summed E-state index contributed by atoms with van der Waals surface area (Å²) < 4.78 is 5.81. The fourth-order valence-electron chi connectivity index (χ4n) is 5.55. The second-order valence-corrected chi connectivity index (χ2v) is 10.7. The molecule has 0 saturated heterocycles. The van der Waals surface area contributed by atoms with Gasteiger partial charge in [0.25, 0.3) is 5.69 Å². The van der Waals surface area contributed by atoms with Crippen LogP contribution in [0.3, 0.4) is 0 Å². The second kappa shape index (κ2) is 11.0. The van der Waals surface area contributed by atoms with Gasteiger partial charge in [-0.15, -0.1) is 0 Å². The van der Waals surface area contributed by atoms with Gasteiger partial charge in [0.2, 0.25) is 0 Å². The van der Waals surface area contributed by atoms with Gasteiger partial charge in [0.05, 0.1) is 21.7 Å². The third-order valence-corrected chi connectivity index (χ3v) is 7.93. The number of nitrogens with zero attached hydrogens (tertiary/aromatic N) is 2. The third-order valence-electron chi connectivity index (χ3n) is 7.63. The average Bonchev–Trinajstić information content (AvgIpc) is 3.46. The number of allylic oxidation sites excluding steroid dienone is 2. The maximum Gasteiger partial charge on any atom is 0.269 e. The molecule has 1 heterocycles. The number of aliphatic imine (C=N–C) groups is 1. The number of anilines is 1. The van der Waals surface area contributed by atoms with Crippen LogP contribution in [-0.2, 0) is 6.61 Å². The molecule has 0 unspecified atom stereocenters. The number of hydrogen-bond donors (Lipinski definition) is 1. The minimum Gasteiger partial charge on any atom is -0.487 e. The zero-order valence-corrected chi connectivity index (χ0v) is 22.7. The highest BCUT2D eigenvalue weighted by Gasteiger charge is 2.37. The molecule has 200 valence electrons. The first-order valence-corrected chi connectivity index (χ1v) is 13.7. The molecule has 40 heavy (non-hydrogen) atoms. The number of nitrogens with one attached hydrogen (secondary N) is 1. The van der Waals surface area contributed by atoms with Crippen molar-refractivity contribution in [2.75, 3.05) is 5.32 Å². The van der Waals surface area contributed by atoms with Gasteiger partial charge in [-0.3, -0.25) is 15.1 Å². The van der Waals surface area contributed by atoms with E-state index < -0.39 is 4.92 Å². The zero-order chi connectivity index (χ0) is 27.6. The van der Waals surface area contributed by atoms with E-state index in [4.69, 9.17) is 16.3 Å². The molecule has 0 fully saturated rings. The number of aryl methyl sites for hydroxylation is 1. The highest BCUT2D eigenvalue weighted by atomic mass is 35.5. The van der Waals surface area contributed by atoms with Crippen LogP contribution in [0.2, 0.25) is 5.02 Å². The van der Waals surface area contributed by atoms with E-state index in [1.165, 1.54) is 34.5 Å². The van der Waals surface area contributed by atoms with Gasteiger partial charge >= 0.3 is 0 Å². The van der Waals surface area contributed by atoms with Crippen LogP contribution >= 0.6 is 11.6 Å². The molecule has 1 N–H and O–H groups in total. The lowest BCUT2D eigenvalue weighted by Crippen LogP contribution is -2.29. The van der Waals surface area contributed by atoms with Gasteiger partial charge in [-0.2, -0.15) is 0 Å². The van der Waals surface area contributed by atoms with Gasteiger partial charge < -0.3 is 10.1 Å². The highest BCUT2D eigenvalue weighted by Crippen LogP contribution is 2.50. The molecule has 0 aromatic heterocycles. The number of rotatable bonds is 7. The Morgan fingerprint density at radius 1 is 1.05 bits per heavy atom. The molecule has 0 bridgehead atoms. The summed E-state index contributed by atoms with van der Waals surface area (Å²) in [5.74, 6) is 1.49. The molecule has 1 aliphatic carbocycles. The van der Waals surface area contributed by atoms with Crippen molar-refractivity contribution < 1.29 is 9.66 Å². The standard InChI is InChI=1S/C33H28ClN3O3/c1-21-5-15-31-29(17-21)27-3-2-4-28(27)33(36-31)24-9-11-25(12-10-24)35-19-23-8-16-32(30(34)18-23)40-20-22-6-13-26(14-7-22)37(38)39/h2-3,5-19,27-28,33,36H,4,20H2,1H3/t27-,28-,33-/m1/s1. The number of nitro groups is 1. The Bertz CT molecular complexity index is 1610. The van der Waals surface area contributed by atoms with E-state index in [9.17, 15) is 10.1 Å². The van der Waals surface area contributed by atoms with Crippen molar-refractivity contribution in [1.82, 2.24) is 0 Å². The summed E-state index contributed by atoms with van der Waals surface area (Å²) >= 11 is 6.45. The molecule has 2 aliphatic rings. The van der Waals surface area contributed by atoms with E-state index in [0.717, 1.165) is 23.2 Å². The van der Waals surface area contributed by atoms with Crippen LogP contribution in [-0.4, -0.2) is 11.1 Å².